The smallest absolute Gasteiger partial charge is 0.342 e. The van der Waals surface area contributed by atoms with E-state index in [1.807, 2.05) is 39.8 Å². The van der Waals surface area contributed by atoms with Crippen molar-refractivity contribution >= 4 is 17.6 Å². The number of hydrogen-bond acceptors (Lipinski definition) is 5. The van der Waals surface area contributed by atoms with Crippen molar-refractivity contribution in [3.8, 4) is 11.8 Å². The van der Waals surface area contributed by atoms with E-state index < -0.39 is 18.0 Å². The number of carbonyl (C=O) groups excluding carboxylic acids is 2. The number of nitrogens with zero attached hydrogens (tertiary/aromatic N) is 1. The number of phenolic OH excluding ortho intramolecular Hbond substituents is 1. The van der Waals surface area contributed by atoms with Crippen molar-refractivity contribution in [2.45, 2.75) is 52.6 Å². The van der Waals surface area contributed by atoms with Crippen LogP contribution in [-0.2, 0) is 9.53 Å². The van der Waals surface area contributed by atoms with Gasteiger partial charge in [0, 0.05) is 5.69 Å². The molecule has 2 aromatic carbocycles. The normalized spacial score (nSPS) is 11.8. The van der Waals surface area contributed by atoms with Gasteiger partial charge in [-0.25, -0.2) is 4.79 Å². The molecule has 152 valence electrons. The van der Waals surface area contributed by atoms with Crippen molar-refractivity contribution < 1.29 is 19.4 Å². The van der Waals surface area contributed by atoms with Crippen molar-refractivity contribution in [3.05, 3.63) is 58.7 Å². The number of rotatable bonds is 6. The number of aromatic hydroxyl groups is 1. The van der Waals surface area contributed by atoms with Gasteiger partial charge in [0.25, 0.3) is 5.91 Å². The number of carbonyl (C=O) groups is 2. The molecule has 6 nitrogen and oxygen atoms in total. The molecule has 0 aliphatic heterocycles. The van der Waals surface area contributed by atoms with Gasteiger partial charge in [0.1, 0.15) is 11.3 Å². The van der Waals surface area contributed by atoms with Crippen LogP contribution in [0.4, 0.5) is 5.69 Å². The maximum atomic E-state index is 12.7. The number of benzene rings is 2. The van der Waals surface area contributed by atoms with Gasteiger partial charge in [-0.3, -0.25) is 4.79 Å². The second kappa shape index (κ2) is 9.24. The molecule has 1 atom stereocenters. The molecule has 0 fully saturated rings. The van der Waals surface area contributed by atoms with Gasteiger partial charge >= 0.3 is 5.97 Å². The van der Waals surface area contributed by atoms with E-state index in [1.54, 1.807) is 24.3 Å². The second-order valence-electron chi connectivity index (χ2n) is 7.55. The molecule has 1 amide bonds. The molecule has 0 aromatic heterocycles. The number of nitriles is 1. The summed E-state index contributed by atoms with van der Waals surface area (Å²) in [5, 5.41) is 22.1. The molecule has 2 rings (SSSR count). The van der Waals surface area contributed by atoms with Crippen molar-refractivity contribution in [2.24, 2.45) is 0 Å². The summed E-state index contributed by atoms with van der Waals surface area (Å²) in [4.78, 5) is 25.1. The zero-order valence-electron chi connectivity index (χ0n) is 17.3. The van der Waals surface area contributed by atoms with E-state index in [0.717, 1.165) is 5.56 Å². The standard InChI is InChI=1S/C23H26N2O4/c1-13(2)17-10-19(14(3)4)21(26)20(11-17)23(28)29-15(5)22(27)25-18-8-6-7-16(9-18)12-24/h6-11,13-15,26H,1-5H3,(H,25,27)/t15-/m0/s1. The van der Waals surface area contributed by atoms with Crippen LogP contribution in [-0.4, -0.2) is 23.1 Å². The molecule has 6 heteroatoms. The number of ether oxygens (including phenoxy) is 1. The van der Waals surface area contributed by atoms with Gasteiger partial charge in [0.2, 0.25) is 0 Å². The molecule has 0 heterocycles. The third-order valence-corrected chi connectivity index (χ3v) is 4.58. The molecule has 0 saturated heterocycles. The van der Waals surface area contributed by atoms with Crippen LogP contribution in [0.15, 0.2) is 36.4 Å². The summed E-state index contributed by atoms with van der Waals surface area (Å²) in [5.41, 5.74) is 2.45. The lowest BCUT2D eigenvalue weighted by Crippen LogP contribution is -2.30. The Balaban J connectivity index is 2.20. The fourth-order valence-electron chi connectivity index (χ4n) is 2.80. The summed E-state index contributed by atoms with van der Waals surface area (Å²) in [6, 6.07) is 11.9. The Bertz CT molecular complexity index is 958. The van der Waals surface area contributed by atoms with Crippen molar-refractivity contribution in [2.75, 3.05) is 5.32 Å². The molecular weight excluding hydrogens is 368 g/mol. The number of hydrogen-bond donors (Lipinski definition) is 2. The average molecular weight is 394 g/mol. The number of esters is 1. The zero-order chi connectivity index (χ0) is 21.7. The van der Waals surface area contributed by atoms with Crippen LogP contribution in [0.5, 0.6) is 5.75 Å². The number of phenols is 1. The molecule has 0 saturated carbocycles. The summed E-state index contributed by atoms with van der Waals surface area (Å²) >= 11 is 0. The lowest BCUT2D eigenvalue weighted by atomic mass is 9.92. The van der Waals surface area contributed by atoms with E-state index in [4.69, 9.17) is 10.00 Å². The van der Waals surface area contributed by atoms with Gasteiger partial charge in [-0.1, -0.05) is 39.8 Å². The summed E-state index contributed by atoms with van der Waals surface area (Å²) in [7, 11) is 0. The van der Waals surface area contributed by atoms with Crippen molar-refractivity contribution in [3.63, 3.8) is 0 Å². The topological polar surface area (TPSA) is 99.4 Å². The fourth-order valence-corrected chi connectivity index (χ4v) is 2.80. The molecule has 0 aliphatic rings. The predicted molar refractivity (Wildman–Crippen MR) is 111 cm³/mol. The molecule has 2 aromatic rings. The summed E-state index contributed by atoms with van der Waals surface area (Å²) in [5.74, 6) is -1.23. The second-order valence-corrected chi connectivity index (χ2v) is 7.55. The Hall–Kier alpha value is -3.33. The first kappa shape index (κ1) is 22.0. The molecular formula is C23H26N2O4. The van der Waals surface area contributed by atoms with Crippen LogP contribution < -0.4 is 5.32 Å². The van der Waals surface area contributed by atoms with Gasteiger partial charge in [-0.15, -0.1) is 0 Å². The quantitative estimate of drug-likeness (QED) is 0.692. The predicted octanol–water partition coefficient (Wildman–Crippen LogP) is 4.69. The highest BCUT2D eigenvalue weighted by Crippen LogP contribution is 2.33. The number of nitrogens with one attached hydrogen (secondary N) is 1. The highest BCUT2D eigenvalue weighted by Gasteiger charge is 2.24. The zero-order valence-corrected chi connectivity index (χ0v) is 17.3. The third-order valence-electron chi connectivity index (χ3n) is 4.58. The maximum absolute atomic E-state index is 12.7. The monoisotopic (exact) mass is 394 g/mol. The van der Waals surface area contributed by atoms with Gasteiger partial charge in [-0.05, 0) is 54.2 Å². The van der Waals surface area contributed by atoms with Crippen LogP contribution in [0.25, 0.3) is 0 Å². The van der Waals surface area contributed by atoms with E-state index >= 15 is 0 Å². The number of amides is 1. The SMILES string of the molecule is CC(C)c1cc(C(=O)O[C@@H](C)C(=O)Nc2cccc(C#N)c2)c(O)c(C(C)C)c1. The average Bonchev–Trinajstić information content (AvgIpc) is 2.67. The minimum Gasteiger partial charge on any atom is -0.507 e. The Labute approximate surface area is 171 Å². The molecule has 29 heavy (non-hydrogen) atoms. The van der Waals surface area contributed by atoms with Crippen LogP contribution in [0, 0.1) is 11.3 Å². The first-order valence-electron chi connectivity index (χ1n) is 9.52. The lowest BCUT2D eigenvalue weighted by molar-refractivity contribution is -0.123. The largest absolute Gasteiger partial charge is 0.507 e. The van der Waals surface area contributed by atoms with E-state index in [2.05, 4.69) is 5.32 Å². The van der Waals surface area contributed by atoms with Crippen LogP contribution in [0.3, 0.4) is 0 Å². The maximum Gasteiger partial charge on any atom is 0.342 e. The number of anilines is 1. The van der Waals surface area contributed by atoms with Gasteiger partial charge < -0.3 is 15.2 Å². The van der Waals surface area contributed by atoms with E-state index in [1.165, 1.54) is 13.0 Å². The van der Waals surface area contributed by atoms with Gasteiger partial charge in [0.05, 0.1) is 11.6 Å². The first-order chi connectivity index (χ1) is 13.6. The summed E-state index contributed by atoms with van der Waals surface area (Å²) in [6.45, 7) is 9.31. The summed E-state index contributed by atoms with van der Waals surface area (Å²) < 4.78 is 5.30. The minimum atomic E-state index is -1.09. The Morgan fingerprint density at radius 2 is 1.76 bits per heavy atom. The highest BCUT2D eigenvalue weighted by atomic mass is 16.5. The third kappa shape index (κ3) is 5.35. The van der Waals surface area contributed by atoms with Crippen LogP contribution in [0.2, 0.25) is 0 Å². The van der Waals surface area contributed by atoms with Crippen LogP contribution >= 0.6 is 0 Å². The lowest BCUT2D eigenvalue weighted by Gasteiger charge is -2.18. The van der Waals surface area contributed by atoms with E-state index in [0.29, 0.717) is 16.8 Å². The molecule has 2 N–H and O–H groups in total. The highest BCUT2D eigenvalue weighted by molar-refractivity contribution is 5.98. The van der Waals surface area contributed by atoms with Crippen molar-refractivity contribution in [1.82, 2.24) is 0 Å². The molecule has 0 spiro atoms. The Morgan fingerprint density at radius 3 is 2.34 bits per heavy atom. The fraction of sp³-hybridized carbons (Fsp3) is 0.348. The molecule has 0 bridgehead atoms. The van der Waals surface area contributed by atoms with E-state index in [-0.39, 0.29) is 23.1 Å². The first-order valence-corrected chi connectivity index (χ1v) is 9.52. The summed E-state index contributed by atoms with van der Waals surface area (Å²) in [6.07, 6.45) is -1.09. The molecule has 0 aliphatic carbocycles. The minimum absolute atomic E-state index is 0.0217. The molecule has 0 radical (unpaired) electrons. The van der Waals surface area contributed by atoms with Gasteiger partial charge in [0.15, 0.2) is 6.10 Å². The van der Waals surface area contributed by atoms with E-state index in [9.17, 15) is 14.7 Å². The Morgan fingerprint density at radius 1 is 1.07 bits per heavy atom. The van der Waals surface area contributed by atoms with Gasteiger partial charge in [-0.2, -0.15) is 5.26 Å². The Kier molecular flexibility index (Phi) is 7.00. The van der Waals surface area contributed by atoms with Crippen molar-refractivity contribution in [1.29, 1.82) is 5.26 Å². The van der Waals surface area contributed by atoms with Crippen LogP contribution in [0.1, 0.15) is 73.5 Å². The molecule has 0 unspecified atom stereocenters.